The molecule has 1 aromatic carbocycles. The molecule has 0 radical (unpaired) electrons. The first-order valence-electron chi connectivity index (χ1n) is 6.84. The molecule has 0 bridgehead atoms. The number of aryl methyl sites for hydroxylation is 3. The van der Waals surface area contributed by atoms with E-state index >= 15 is 0 Å². The molecule has 2 aromatic heterocycles. The Balaban J connectivity index is 2.10. The van der Waals surface area contributed by atoms with Gasteiger partial charge >= 0.3 is 0 Å². The van der Waals surface area contributed by atoms with Crippen molar-refractivity contribution < 1.29 is 0 Å². The van der Waals surface area contributed by atoms with Gasteiger partial charge in [-0.3, -0.25) is 4.57 Å². The molecule has 0 amide bonds. The summed E-state index contributed by atoms with van der Waals surface area (Å²) < 4.78 is 3.99. The van der Waals surface area contributed by atoms with Crippen molar-refractivity contribution in [1.29, 1.82) is 0 Å². The van der Waals surface area contributed by atoms with Gasteiger partial charge in [0.05, 0.1) is 12.2 Å². The monoisotopic (exact) mass is 269 g/mol. The van der Waals surface area contributed by atoms with Crippen molar-refractivity contribution >= 4 is 17.1 Å². The predicted molar refractivity (Wildman–Crippen MR) is 80.6 cm³/mol. The zero-order chi connectivity index (χ0) is 14.3. The van der Waals surface area contributed by atoms with Gasteiger partial charge in [0.1, 0.15) is 5.52 Å². The third-order valence-electron chi connectivity index (χ3n) is 3.59. The minimum atomic E-state index is 0.545. The zero-order valence-electron chi connectivity index (χ0n) is 12.1. The third kappa shape index (κ3) is 1.95. The summed E-state index contributed by atoms with van der Waals surface area (Å²) in [7, 11) is 0. The lowest BCUT2D eigenvalue weighted by Crippen LogP contribution is -2.09. The molecule has 2 N–H and O–H groups in total. The summed E-state index contributed by atoms with van der Waals surface area (Å²) in [5.41, 5.74) is 11.4. The van der Waals surface area contributed by atoms with Crippen molar-refractivity contribution in [2.45, 2.75) is 33.9 Å². The number of nitrogens with two attached hydrogens (primary N) is 1. The molecule has 20 heavy (non-hydrogen) atoms. The van der Waals surface area contributed by atoms with Gasteiger partial charge in [0, 0.05) is 6.54 Å². The molecule has 0 unspecified atom stereocenters. The number of hydrogen-bond donors (Lipinski definition) is 1. The molecule has 0 saturated carbocycles. The highest BCUT2D eigenvalue weighted by Crippen LogP contribution is 2.22. The van der Waals surface area contributed by atoms with E-state index in [0.717, 1.165) is 23.4 Å². The molecule has 0 saturated heterocycles. The van der Waals surface area contributed by atoms with Crippen LogP contribution in [-0.4, -0.2) is 19.3 Å². The lowest BCUT2D eigenvalue weighted by Gasteiger charge is -2.08. The number of nitrogen functional groups attached to an aromatic ring is 1. The van der Waals surface area contributed by atoms with E-state index in [-0.39, 0.29) is 0 Å². The normalized spacial score (nSPS) is 11.3. The molecule has 0 fully saturated rings. The molecule has 3 aromatic rings. The Morgan fingerprint density at radius 1 is 1.15 bits per heavy atom. The van der Waals surface area contributed by atoms with Gasteiger partial charge < -0.3 is 5.73 Å². The van der Waals surface area contributed by atoms with E-state index in [1.54, 1.807) is 0 Å². The highest BCUT2D eigenvalue weighted by molar-refractivity contribution is 5.77. The van der Waals surface area contributed by atoms with Crippen LogP contribution in [-0.2, 0) is 13.1 Å². The zero-order valence-corrected chi connectivity index (χ0v) is 12.1. The van der Waals surface area contributed by atoms with Gasteiger partial charge in [-0.2, -0.15) is 5.10 Å². The van der Waals surface area contributed by atoms with Crippen LogP contribution in [0, 0.1) is 13.8 Å². The lowest BCUT2D eigenvalue weighted by molar-refractivity contribution is 0.648. The number of rotatable bonds is 3. The van der Waals surface area contributed by atoms with Gasteiger partial charge in [-0.15, -0.1) is 0 Å². The molecule has 0 atom stereocenters. The van der Waals surface area contributed by atoms with E-state index in [0.29, 0.717) is 12.5 Å². The van der Waals surface area contributed by atoms with E-state index in [4.69, 9.17) is 5.73 Å². The number of imidazole rings is 1. The van der Waals surface area contributed by atoms with Crippen LogP contribution >= 0.6 is 0 Å². The van der Waals surface area contributed by atoms with Crippen LogP contribution in [0.3, 0.4) is 0 Å². The Labute approximate surface area is 118 Å². The Morgan fingerprint density at radius 3 is 2.50 bits per heavy atom. The molecule has 5 heteroatoms. The number of fused-ring (bicyclic) bond motifs is 1. The van der Waals surface area contributed by atoms with Crippen molar-refractivity contribution in [3.8, 4) is 0 Å². The van der Waals surface area contributed by atoms with Crippen LogP contribution in [0.4, 0.5) is 5.95 Å². The molecule has 5 nitrogen and oxygen atoms in total. The number of hydrogen-bond acceptors (Lipinski definition) is 3. The molecular formula is C15H19N5. The third-order valence-corrected chi connectivity index (χ3v) is 3.59. The fraction of sp³-hybridized carbons (Fsp3) is 0.333. The average molecular weight is 269 g/mol. The quantitative estimate of drug-likeness (QED) is 0.794. The SMILES string of the molecule is CCn1nc(C)c2nc(N)n(Cc3ccc(C)cc3)c21. The van der Waals surface area contributed by atoms with Gasteiger partial charge in [-0.1, -0.05) is 29.8 Å². The van der Waals surface area contributed by atoms with Crippen molar-refractivity contribution in [2.24, 2.45) is 0 Å². The Hall–Kier alpha value is -2.30. The van der Waals surface area contributed by atoms with E-state index in [1.807, 2.05) is 16.2 Å². The van der Waals surface area contributed by atoms with Crippen LogP contribution in [0.2, 0.25) is 0 Å². The van der Waals surface area contributed by atoms with Crippen LogP contribution < -0.4 is 5.73 Å². The van der Waals surface area contributed by atoms with E-state index in [1.165, 1.54) is 11.1 Å². The first-order chi connectivity index (χ1) is 9.60. The van der Waals surface area contributed by atoms with Gasteiger partial charge in [0.15, 0.2) is 5.65 Å². The first-order valence-corrected chi connectivity index (χ1v) is 6.84. The first kappa shape index (κ1) is 12.7. The second-order valence-corrected chi connectivity index (χ2v) is 5.12. The van der Waals surface area contributed by atoms with Crippen LogP contribution in [0.1, 0.15) is 23.7 Å². The highest BCUT2D eigenvalue weighted by Gasteiger charge is 2.16. The average Bonchev–Trinajstić information content (AvgIpc) is 2.91. The van der Waals surface area contributed by atoms with Crippen LogP contribution in [0.15, 0.2) is 24.3 Å². The Morgan fingerprint density at radius 2 is 1.85 bits per heavy atom. The number of aromatic nitrogens is 4. The van der Waals surface area contributed by atoms with E-state index in [9.17, 15) is 0 Å². The Bertz CT molecular complexity index is 749. The largest absolute Gasteiger partial charge is 0.369 e. The maximum absolute atomic E-state index is 6.08. The van der Waals surface area contributed by atoms with Crippen molar-refractivity contribution in [1.82, 2.24) is 19.3 Å². The smallest absolute Gasteiger partial charge is 0.202 e. The number of nitrogens with zero attached hydrogens (tertiary/aromatic N) is 4. The number of anilines is 1. The van der Waals surface area contributed by atoms with Gasteiger partial charge in [-0.25, -0.2) is 9.67 Å². The molecule has 104 valence electrons. The maximum atomic E-state index is 6.08. The van der Waals surface area contributed by atoms with E-state index in [2.05, 4.69) is 48.2 Å². The predicted octanol–water partition coefficient (Wildman–Crippen LogP) is 2.50. The standard InChI is InChI=1S/C15H19N5/c1-4-20-14-13(11(3)18-20)17-15(16)19(14)9-12-7-5-10(2)6-8-12/h5-8H,4,9H2,1-3H3,(H2,16,17). The number of benzene rings is 1. The summed E-state index contributed by atoms with van der Waals surface area (Å²) in [6.45, 7) is 7.66. The lowest BCUT2D eigenvalue weighted by atomic mass is 10.1. The van der Waals surface area contributed by atoms with Crippen LogP contribution in [0.5, 0.6) is 0 Å². The van der Waals surface area contributed by atoms with Gasteiger partial charge in [0.2, 0.25) is 5.95 Å². The summed E-state index contributed by atoms with van der Waals surface area (Å²) in [5, 5.41) is 4.50. The molecule has 0 aliphatic rings. The molecule has 0 aliphatic heterocycles. The molecular weight excluding hydrogens is 250 g/mol. The van der Waals surface area contributed by atoms with E-state index < -0.39 is 0 Å². The summed E-state index contributed by atoms with van der Waals surface area (Å²) in [5.74, 6) is 0.545. The Kier molecular flexibility index (Phi) is 2.97. The molecule has 2 heterocycles. The highest BCUT2D eigenvalue weighted by atomic mass is 15.4. The fourth-order valence-electron chi connectivity index (χ4n) is 2.49. The minimum absolute atomic E-state index is 0.545. The van der Waals surface area contributed by atoms with Gasteiger partial charge in [0.25, 0.3) is 0 Å². The van der Waals surface area contributed by atoms with Crippen molar-refractivity contribution in [2.75, 3.05) is 5.73 Å². The minimum Gasteiger partial charge on any atom is -0.369 e. The maximum Gasteiger partial charge on any atom is 0.202 e. The second kappa shape index (κ2) is 4.67. The van der Waals surface area contributed by atoms with Crippen molar-refractivity contribution in [3.05, 3.63) is 41.1 Å². The summed E-state index contributed by atoms with van der Waals surface area (Å²) in [4.78, 5) is 4.45. The second-order valence-electron chi connectivity index (χ2n) is 5.12. The molecule has 0 aliphatic carbocycles. The summed E-state index contributed by atoms with van der Waals surface area (Å²) in [6.07, 6.45) is 0. The summed E-state index contributed by atoms with van der Waals surface area (Å²) >= 11 is 0. The molecule has 0 spiro atoms. The van der Waals surface area contributed by atoms with Gasteiger partial charge in [-0.05, 0) is 26.3 Å². The fourth-order valence-corrected chi connectivity index (χ4v) is 2.49. The molecule has 3 rings (SSSR count). The summed E-state index contributed by atoms with van der Waals surface area (Å²) in [6, 6.07) is 8.48. The van der Waals surface area contributed by atoms with Crippen molar-refractivity contribution in [3.63, 3.8) is 0 Å². The topological polar surface area (TPSA) is 61.7 Å². The van der Waals surface area contributed by atoms with Crippen LogP contribution in [0.25, 0.3) is 11.2 Å².